The molecule has 3 atom stereocenters. The van der Waals surface area contributed by atoms with Crippen LogP contribution in [0.1, 0.15) is 45.6 Å². The highest BCUT2D eigenvalue weighted by atomic mass is 35.5. The Balaban J connectivity index is 1.69. The predicted octanol–water partition coefficient (Wildman–Crippen LogP) is 4.78. The van der Waals surface area contributed by atoms with E-state index in [1.807, 2.05) is 6.07 Å². The third-order valence-corrected chi connectivity index (χ3v) is 6.62. The number of hydrogen-bond donors (Lipinski definition) is 1. The SMILES string of the molecule is CC1(C)C2CCC1(C)C(NCc1ccc(F)c(Cl)c1)C2. The Hall–Kier alpha value is -0.600. The monoisotopic (exact) mass is 295 g/mol. The fourth-order valence-corrected chi connectivity index (χ4v) is 4.61. The summed E-state index contributed by atoms with van der Waals surface area (Å²) in [6.45, 7) is 8.03. The molecule has 0 radical (unpaired) electrons. The van der Waals surface area contributed by atoms with Crippen molar-refractivity contribution in [3.63, 3.8) is 0 Å². The van der Waals surface area contributed by atoms with Gasteiger partial charge in [-0.2, -0.15) is 0 Å². The van der Waals surface area contributed by atoms with E-state index in [4.69, 9.17) is 11.6 Å². The van der Waals surface area contributed by atoms with Crippen molar-refractivity contribution < 1.29 is 4.39 Å². The van der Waals surface area contributed by atoms with Crippen LogP contribution in [0.5, 0.6) is 0 Å². The molecule has 0 amide bonds. The zero-order chi connectivity index (χ0) is 14.5. The first-order valence-electron chi connectivity index (χ1n) is 7.52. The molecule has 0 heterocycles. The van der Waals surface area contributed by atoms with Gasteiger partial charge in [-0.15, -0.1) is 0 Å². The number of hydrogen-bond acceptors (Lipinski definition) is 1. The molecule has 0 aliphatic heterocycles. The summed E-state index contributed by atoms with van der Waals surface area (Å²) < 4.78 is 13.2. The molecule has 3 unspecified atom stereocenters. The highest BCUT2D eigenvalue weighted by Gasteiger charge is 2.60. The number of rotatable bonds is 3. The summed E-state index contributed by atoms with van der Waals surface area (Å²) in [6, 6.07) is 5.55. The fraction of sp³-hybridized carbons (Fsp3) is 0.647. The maximum atomic E-state index is 13.2. The molecule has 2 bridgehead atoms. The van der Waals surface area contributed by atoms with Crippen LogP contribution in [0.25, 0.3) is 0 Å². The smallest absolute Gasteiger partial charge is 0.141 e. The van der Waals surface area contributed by atoms with Crippen molar-refractivity contribution in [2.45, 2.75) is 52.6 Å². The summed E-state index contributed by atoms with van der Waals surface area (Å²) >= 11 is 5.84. The third kappa shape index (κ3) is 2.00. The van der Waals surface area contributed by atoms with Crippen LogP contribution in [0.15, 0.2) is 18.2 Å². The molecule has 2 saturated carbocycles. The van der Waals surface area contributed by atoms with Gasteiger partial charge in [0.1, 0.15) is 5.82 Å². The van der Waals surface area contributed by atoms with Crippen LogP contribution in [0.2, 0.25) is 5.02 Å². The molecule has 1 aromatic carbocycles. The lowest BCUT2D eigenvalue weighted by Gasteiger charge is -2.39. The third-order valence-electron chi connectivity index (χ3n) is 6.33. The van der Waals surface area contributed by atoms with Crippen LogP contribution in [-0.2, 0) is 6.54 Å². The second kappa shape index (κ2) is 4.71. The van der Waals surface area contributed by atoms with Crippen LogP contribution in [0, 0.1) is 22.6 Å². The summed E-state index contributed by atoms with van der Waals surface area (Å²) in [5.41, 5.74) is 1.85. The van der Waals surface area contributed by atoms with Gasteiger partial charge in [0.25, 0.3) is 0 Å². The first kappa shape index (κ1) is 14.3. The van der Waals surface area contributed by atoms with Crippen molar-refractivity contribution in [1.29, 1.82) is 0 Å². The summed E-state index contributed by atoms with van der Waals surface area (Å²) in [5.74, 6) is 0.491. The minimum absolute atomic E-state index is 0.212. The van der Waals surface area contributed by atoms with Gasteiger partial charge in [-0.1, -0.05) is 38.4 Å². The Bertz CT molecular complexity index is 528. The van der Waals surface area contributed by atoms with Gasteiger partial charge in [0.15, 0.2) is 0 Å². The Morgan fingerprint density at radius 2 is 2.10 bits per heavy atom. The van der Waals surface area contributed by atoms with Crippen LogP contribution in [0.4, 0.5) is 4.39 Å². The average Bonchev–Trinajstić information content (AvgIpc) is 2.73. The molecule has 1 aromatic rings. The highest BCUT2D eigenvalue weighted by Crippen LogP contribution is 2.65. The average molecular weight is 296 g/mol. The molecule has 1 nitrogen and oxygen atoms in total. The number of benzene rings is 1. The van der Waals surface area contributed by atoms with Crippen LogP contribution >= 0.6 is 11.6 Å². The Morgan fingerprint density at radius 1 is 1.35 bits per heavy atom. The van der Waals surface area contributed by atoms with Crippen LogP contribution in [-0.4, -0.2) is 6.04 Å². The van der Waals surface area contributed by atoms with Gasteiger partial charge in [0.2, 0.25) is 0 Å². The topological polar surface area (TPSA) is 12.0 Å². The molecule has 2 aliphatic carbocycles. The fourth-order valence-electron chi connectivity index (χ4n) is 4.40. The lowest BCUT2D eigenvalue weighted by Crippen LogP contribution is -2.44. The molecule has 2 fully saturated rings. The van der Waals surface area contributed by atoms with E-state index in [9.17, 15) is 4.39 Å². The minimum atomic E-state index is -0.344. The maximum absolute atomic E-state index is 13.2. The van der Waals surface area contributed by atoms with Gasteiger partial charge in [-0.25, -0.2) is 4.39 Å². The summed E-state index contributed by atoms with van der Waals surface area (Å²) in [6.07, 6.45) is 3.94. The van der Waals surface area contributed by atoms with Gasteiger partial charge in [-0.05, 0) is 53.7 Å². The molecule has 3 rings (SSSR count). The minimum Gasteiger partial charge on any atom is -0.309 e. The van der Waals surface area contributed by atoms with E-state index >= 15 is 0 Å². The zero-order valence-electron chi connectivity index (χ0n) is 12.5. The standard InChI is InChI=1S/C17H23ClFN/c1-16(2)12-6-7-17(16,3)15(9-12)20-10-11-4-5-14(19)13(18)8-11/h4-5,8,12,15,20H,6-7,9-10H2,1-3H3. The van der Waals surface area contributed by atoms with Crippen molar-refractivity contribution in [3.8, 4) is 0 Å². The molecule has 20 heavy (non-hydrogen) atoms. The molecule has 0 spiro atoms. The first-order valence-corrected chi connectivity index (χ1v) is 7.90. The first-order chi connectivity index (χ1) is 9.34. The van der Waals surface area contributed by atoms with Crippen molar-refractivity contribution in [3.05, 3.63) is 34.6 Å². The van der Waals surface area contributed by atoms with E-state index in [0.717, 1.165) is 18.0 Å². The lowest BCUT2D eigenvalue weighted by molar-refractivity contribution is 0.120. The molecule has 1 N–H and O–H groups in total. The van der Waals surface area contributed by atoms with E-state index in [2.05, 4.69) is 26.1 Å². The van der Waals surface area contributed by atoms with E-state index in [0.29, 0.717) is 16.9 Å². The summed E-state index contributed by atoms with van der Waals surface area (Å²) in [4.78, 5) is 0. The second-order valence-electron chi connectivity index (χ2n) is 7.29. The molecular formula is C17H23ClFN. The van der Waals surface area contributed by atoms with Crippen molar-refractivity contribution in [1.82, 2.24) is 5.32 Å². The number of nitrogens with one attached hydrogen (secondary N) is 1. The molecular weight excluding hydrogens is 273 g/mol. The largest absolute Gasteiger partial charge is 0.309 e. The normalized spacial score (nSPS) is 34.6. The summed E-state index contributed by atoms with van der Waals surface area (Å²) in [5, 5.41) is 3.90. The van der Waals surface area contributed by atoms with Gasteiger partial charge >= 0.3 is 0 Å². The van der Waals surface area contributed by atoms with Gasteiger partial charge in [0, 0.05) is 12.6 Å². The number of halogens is 2. The highest BCUT2D eigenvalue weighted by molar-refractivity contribution is 6.30. The van der Waals surface area contributed by atoms with E-state index in [1.54, 1.807) is 6.07 Å². The molecule has 110 valence electrons. The van der Waals surface area contributed by atoms with E-state index in [-0.39, 0.29) is 10.8 Å². The van der Waals surface area contributed by atoms with Crippen molar-refractivity contribution >= 4 is 11.6 Å². The van der Waals surface area contributed by atoms with Crippen LogP contribution < -0.4 is 5.32 Å². The Morgan fingerprint density at radius 3 is 2.65 bits per heavy atom. The van der Waals surface area contributed by atoms with Gasteiger partial charge in [0.05, 0.1) is 5.02 Å². The van der Waals surface area contributed by atoms with Gasteiger partial charge < -0.3 is 5.32 Å². The van der Waals surface area contributed by atoms with Crippen molar-refractivity contribution in [2.24, 2.45) is 16.7 Å². The van der Waals surface area contributed by atoms with E-state index in [1.165, 1.54) is 25.3 Å². The molecule has 2 aliphatic rings. The second-order valence-corrected chi connectivity index (χ2v) is 7.70. The zero-order valence-corrected chi connectivity index (χ0v) is 13.2. The molecule has 0 saturated heterocycles. The predicted molar refractivity (Wildman–Crippen MR) is 81.3 cm³/mol. The van der Waals surface area contributed by atoms with E-state index < -0.39 is 0 Å². The van der Waals surface area contributed by atoms with Crippen LogP contribution in [0.3, 0.4) is 0 Å². The number of fused-ring (bicyclic) bond motifs is 2. The molecule has 0 aromatic heterocycles. The maximum Gasteiger partial charge on any atom is 0.141 e. The Labute approximate surface area is 125 Å². The lowest BCUT2D eigenvalue weighted by atomic mass is 9.69. The van der Waals surface area contributed by atoms with Crippen molar-refractivity contribution in [2.75, 3.05) is 0 Å². The summed E-state index contributed by atoms with van der Waals surface area (Å²) in [7, 11) is 0. The molecule has 3 heteroatoms. The quantitative estimate of drug-likeness (QED) is 0.846. The Kier molecular flexibility index (Phi) is 3.38. The van der Waals surface area contributed by atoms with Gasteiger partial charge in [-0.3, -0.25) is 0 Å².